The molecule has 1 heterocycles. The maximum atomic E-state index is 11.7. The number of methoxy groups -OCH3 is 1. The fraction of sp³-hybridized carbons (Fsp3) is 0.143. The fourth-order valence-electron chi connectivity index (χ4n) is 1.63. The zero-order chi connectivity index (χ0) is 15.1. The molecule has 0 radical (unpaired) electrons. The molecule has 0 saturated carbocycles. The first kappa shape index (κ1) is 14.4. The molecule has 1 aromatic carbocycles. The standard InChI is InChI=1S/C14H12N4O3/c1-20-14(19)13-11(7-8-12(16-13)17-18-15)21-9-10-5-3-2-4-6-10/h2-8H,9H2,1H3. The molecule has 0 spiro atoms. The maximum Gasteiger partial charge on any atom is 0.360 e. The Bertz CT molecular complexity index is 682. The summed E-state index contributed by atoms with van der Waals surface area (Å²) in [5.74, 6) is -0.319. The molecule has 106 valence electrons. The van der Waals surface area contributed by atoms with Crippen molar-refractivity contribution in [1.29, 1.82) is 0 Å². The highest BCUT2D eigenvalue weighted by Crippen LogP contribution is 2.22. The molecule has 0 atom stereocenters. The lowest BCUT2D eigenvalue weighted by Gasteiger charge is -2.10. The average molecular weight is 284 g/mol. The molecule has 0 bridgehead atoms. The number of esters is 1. The number of ether oxygens (including phenoxy) is 2. The minimum atomic E-state index is -0.659. The second-order valence-electron chi connectivity index (χ2n) is 3.97. The third kappa shape index (κ3) is 3.71. The topological polar surface area (TPSA) is 97.2 Å². The first-order chi connectivity index (χ1) is 10.2. The van der Waals surface area contributed by atoms with Gasteiger partial charge in [0, 0.05) is 4.91 Å². The van der Waals surface area contributed by atoms with Crippen molar-refractivity contribution < 1.29 is 14.3 Å². The van der Waals surface area contributed by atoms with Crippen molar-refractivity contribution in [3.05, 3.63) is 64.2 Å². The van der Waals surface area contributed by atoms with Crippen LogP contribution in [0.25, 0.3) is 10.4 Å². The lowest BCUT2D eigenvalue weighted by Crippen LogP contribution is -2.08. The minimum absolute atomic E-state index is 0.0293. The first-order valence-electron chi connectivity index (χ1n) is 6.06. The van der Waals surface area contributed by atoms with Crippen LogP contribution in [0, 0.1) is 0 Å². The van der Waals surface area contributed by atoms with Crippen LogP contribution < -0.4 is 4.74 Å². The van der Waals surface area contributed by atoms with E-state index in [1.165, 1.54) is 19.2 Å². The second kappa shape index (κ2) is 6.93. The largest absolute Gasteiger partial charge is 0.486 e. The summed E-state index contributed by atoms with van der Waals surface area (Å²) in [5.41, 5.74) is 9.32. The van der Waals surface area contributed by atoms with Crippen LogP contribution in [0.1, 0.15) is 16.1 Å². The first-order valence-corrected chi connectivity index (χ1v) is 6.06. The number of pyridine rings is 1. The summed E-state index contributed by atoms with van der Waals surface area (Å²) in [5, 5.41) is 3.35. The Morgan fingerprint density at radius 2 is 2.05 bits per heavy atom. The zero-order valence-corrected chi connectivity index (χ0v) is 11.3. The van der Waals surface area contributed by atoms with Gasteiger partial charge in [0.15, 0.2) is 11.4 Å². The van der Waals surface area contributed by atoms with Gasteiger partial charge < -0.3 is 9.47 Å². The Balaban J connectivity index is 2.25. The van der Waals surface area contributed by atoms with Crippen LogP contribution in [0.15, 0.2) is 47.6 Å². The monoisotopic (exact) mass is 284 g/mol. The molecular weight excluding hydrogens is 272 g/mol. The van der Waals surface area contributed by atoms with Gasteiger partial charge in [0.2, 0.25) is 0 Å². The molecule has 2 rings (SSSR count). The van der Waals surface area contributed by atoms with Gasteiger partial charge >= 0.3 is 5.97 Å². The molecule has 21 heavy (non-hydrogen) atoms. The fourth-order valence-corrected chi connectivity index (χ4v) is 1.63. The lowest BCUT2D eigenvalue weighted by molar-refractivity contribution is 0.0588. The van der Waals surface area contributed by atoms with Crippen molar-refractivity contribution in [2.24, 2.45) is 5.11 Å². The van der Waals surface area contributed by atoms with Gasteiger partial charge in [-0.05, 0) is 28.3 Å². The van der Waals surface area contributed by atoms with Crippen LogP contribution in [-0.2, 0) is 11.3 Å². The summed E-state index contributed by atoms with van der Waals surface area (Å²) in [4.78, 5) is 18.3. The number of hydrogen-bond acceptors (Lipinski definition) is 5. The number of benzene rings is 1. The molecule has 0 aliphatic rings. The summed E-state index contributed by atoms with van der Waals surface area (Å²) in [6, 6.07) is 12.5. The van der Waals surface area contributed by atoms with Crippen molar-refractivity contribution in [2.45, 2.75) is 6.61 Å². The van der Waals surface area contributed by atoms with E-state index < -0.39 is 5.97 Å². The van der Waals surface area contributed by atoms with Gasteiger partial charge in [0.25, 0.3) is 0 Å². The van der Waals surface area contributed by atoms with Crippen molar-refractivity contribution in [3.8, 4) is 5.75 Å². The van der Waals surface area contributed by atoms with E-state index in [4.69, 9.17) is 10.3 Å². The Hall–Kier alpha value is -3.05. The molecule has 2 aromatic rings. The Morgan fingerprint density at radius 1 is 1.29 bits per heavy atom. The van der Waals surface area contributed by atoms with Crippen molar-refractivity contribution in [2.75, 3.05) is 7.11 Å². The lowest BCUT2D eigenvalue weighted by atomic mass is 10.2. The Kier molecular flexibility index (Phi) is 4.74. The van der Waals surface area contributed by atoms with Crippen LogP contribution in [0.3, 0.4) is 0 Å². The van der Waals surface area contributed by atoms with E-state index in [9.17, 15) is 4.79 Å². The van der Waals surface area contributed by atoms with Gasteiger partial charge in [-0.2, -0.15) is 0 Å². The van der Waals surface area contributed by atoms with Gasteiger partial charge in [-0.15, -0.1) is 0 Å². The van der Waals surface area contributed by atoms with E-state index in [1.807, 2.05) is 30.3 Å². The van der Waals surface area contributed by atoms with E-state index in [1.54, 1.807) is 0 Å². The molecule has 7 heteroatoms. The van der Waals surface area contributed by atoms with Crippen molar-refractivity contribution in [3.63, 3.8) is 0 Å². The summed E-state index contributed by atoms with van der Waals surface area (Å²) >= 11 is 0. The zero-order valence-electron chi connectivity index (χ0n) is 11.3. The van der Waals surface area contributed by atoms with Crippen LogP contribution in [0.5, 0.6) is 5.75 Å². The Morgan fingerprint density at radius 3 is 2.71 bits per heavy atom. The van der Waals surface area contributed by atoms with Crippen LogP contribution in [0.4, 0.5) is 5.82 Å². The number of aromatic nitrogens is 1. The highest BCUT2D eigenvalue weighted by molar-refractivity contribution is 5.90. The third-order valence-electron chi connectivity index (χ3n) is 2.61. The molecular formula is C14H12N4O3. The SMILES string of the molecule is COC(=O)c1nc(N=[N+]=[N-])ccc1OCc1ccccc1. The smallest absolute Gasteiger partial charge is 0.360 e. The molecule has 0 fully saturated rings. The number of rotatable bonds is 5. The van der Waals surface area contributed by atoms with Crippen molar-refractivity contribution >= 4 is 11.8 Å². The number of nitrogens with zero attached hydrogens (tertiary/aromatic N) is 4. The summed E-state index contributed by atoms with van der Waals surface area (Å²) in [6.45, 7) is 0.285. The summed E-state index contributed by atoms with van der Waals surface area (Å²) in [6.07, 6.45) is 0. The van der Waals surface area contributed by atoms with Crippen molar-refractivity contribution in [1.82, 2.24) is 4.98 Å². The molecule has 0 amide bonds. The summed E-state index contributed by atoms with van der Waals surface area (Å²) in [7, 11) is 1.24. The normalized spacial score (nSPS) is 9.57. The maximum absolute atomic E-state index is 11.7. The predicted molar refractivity (Wildman–Crippen MR) is 75.2 cm³/mol. The number of carbonyl (C=O) groups is 1. The van der Waals surface area contributed by atoms with E-state index >= 15 is 0 Å². The van der Waals surface area contributed by atoms with Gasteiger partial charge in [-0.3, -0.25) is 0 Å². The molecule has 0 unspecified atom stereocenters. The highest BCUT2D eigenvalue weighted by Gasteiger charge is 2.16. The van der Waals surface area contributed by atoms with Gasteiger partial charge in [-0.25, -0.2) is 9.78 Å². The van der Waals surface area contributed by atoms with Crippen LogP contribution >= 0.6 is 0 Å². The quantitative estimate of drug-likeness (QED) is 0.363. The molecule has 7 nitrogen and oxygen atoms in total. The molecule has 0 saturated heterocycles. The van der Waals surface area contributed by atoms with Gasteiger partial charge in [-0.1, -0.05) is 30.3 Å². The van der Waals surface area contributed by atoms with Crippen LogP contribution in [0.2, 0.25) is 0 Å². The molecule has 1 aromatic heterocycles. The summed E-state index contributed by atoms with van der Waals surface area (Å²) < 4.78 is 10.2. The third-order valence-corrected chi connectivity index (χ3v) is 2.61. The van der Waals surface area contributed by atoms with Gasteiger partial charge in [0.1, 0.15) is 12.4 Å². The molecule has 0 aliphatic heterocycles. The number of carbonyl (C=O) groups excluding carboxylic acids is 1. The van der Waals surface area contributed by atoms with E-state index in [0.717, 1.165) is 5.56 Å². The average Bonchev–Trinajstić information content (AvgIpc) is 2.54. The highest BCUT2D eigenvalue weighted by atomic mass is 16.5. The second-order valence-corrected chi connectivity index (χ2v) is 3.97. The minimum Gasteiger partial charge on any atom is -0.486 e. The molecule has 0 N–H and O–H groups in total. The predicted octanol–water partition coefficient (Wildman–Crippen LogP) is 3.39. The van der Waals surface area contributed by atoms with E-state index in [2.05, 4.69) is 19.7 Å². The van der Waals surface area contributed by atoms with Crippen LogP contribution in [-0.4, -0.2) is 18.1 Å². The van der Waals surface area contributed by atoms with Gasteiger partial charge in [0.05, 0.1) is 7.11 Å². The Labute approximate surface area is 120 Å². The number of hydrogen-bond donors (Lipinski definition) is 0. The molecule has 0 aliphatic carbocycles. The van der Waals surface area contributed by atoms with E-state index in [0.29, 0.717) is 0 Å². The number of azide groups is 1. The van der Waals surface area contributed by atoms with E-state index in [-0.39, 0.29) is 23.9 Å².